The molecule has 2 aliphatic rings. The largest absolute Gasteiger partial charge is 0.394 e. The summed E-state index contributed by atoms with van der Waals surface area (Å²) in [4.78, 5) is 18.9. The molecule has 0 aromatic heterocycles. The van der Waals surface area contributed by atoms with Crippen molar-refractivity contribution in [2.45, 2.75) is 19.4 Å². The summed E-state index contributed by atoms with van der Waals surface area (Å²) in [5.41, 5.74) is 0. The van der Waals surface area contributed by atoms with Crippen molar-refractivity contribution in [3.8, 4) is 0 Å². The molecule has 2 heterocycles. The van der Waals surface area contributed by atoms with Crippen molar-refractivity contribution in [3.05, 3.63) is 0 Å². The SMILES string of the molecule is CC[C@@H]1CN(C(=O)COC)[C@H](CO)[C@@H]1CN1CCN(C)CC1. The average Bonchev–Trinajstić information content (AvgIpc) is 2.87. The quantitative estimate of drug-likeness (QED) is 0.731. The van der Waals surface area contributed by atoms with Crippen LogP contribution in [0.2, 0.25) is 0 Å². The van der Waals surface area contributed by atoms with Crippen LogP contribution in [-0.4, -0.2) is 98.4 Å². The van der Waals surface area contributed by atoms with Crippen LogP contribution in [0.1, 0.15) is 13.3 Å². The molecule has 1 amide bonds. The molecular formula is C16H31N3O3. The lowest BCUT2D eigenvalue weighted by Crippen LogP contribution is -2.49. The average molecular weight is 313 g/mol. The van der Waals surface area contributed by atoms with Gasteiger partial charge in [0.2, 0.25) is 5.91 Å². The van der Waals surface area contributed by atoms with Gasteiger partial charge < -0.3 is 24.5 Å². The lowest BCUT2D eigenvalue weighted by atomic mass is 9.88. The van der Waals surface area contributed by atoms with E-state index in [1.54, 1.807) is 7.11 Å². The van der Waals surface area contributed by atoms with E-state index in [1.807, 2.05) is 4.90 Å². The highest BCUT2D eigenvalue weighted by Crippen LogP contribution is 2.33. The van der Waals surface area contributed by atoms with Gasteiger partial charge in [0.1, 0.15) is 6.61 Å². The third-order valence-corrected chi connectivity index (χ3v) is 5.30. The fourth-order valence-electron chi connectivity index (χ4n) is 3.83. The number of likely N-dealkylation sites (N-methyl/N-ethyl adjacent to an activating group) is 1. The van der Waals surface area contributed by atoms with E-state index in [0.29, 0.717) is 11.8 Å². The number of carbonyl (C=O) groups is 1. The molecule has 0 saturated carbocycles. The first-order valence-corrected chi connectivity index (χ1v) is 8.40. The van der Waals surface area contributed by atoms with Crippen molar-refractivity contribution in [1.29, 1.82) is 0 Å². The van der Waals surface area contributed by atoms with Gasteiger partial charge in [-0.1, -0.05) is 13.3 Å². The first kappa shape index (κ1) is 17.7. The van der Waals surface area contributed by atoms with Crippen LogP contribution in [0.3, 0.4) is 0 Å². The second kappa shape index (κ2) is 8.24. The van der Waals surface area contributed by atoms with E-state index in [0.717, 1.165) is 45.7 Å². The number of likely N-dealkylation sites (tertiary alicyclic amines) is 1. The van der Waals surface area contributed by atoms with Crippen LogP contribution in [0.4, 0.5) is 0 Å². The molecule has 0 radical (unpaired) electrons. The predicted octanol–water partition coefficient (Wildman–Crippen LogP) is -0.274. The van der Waals surface area contributed by atoms with Crippen molar-refractivity contribution in [1.82, 2.24) is 14.7 Å². The van der Waals surface area contributed by atoms with E-state index in [9.17, 15) is 9.90 Å². The molecule has 0 aromatic rings. The van der Waals surface area contributed by atoms with Crippen LogP contribution in [0.25, 0.3) is 0 Å². The van der Waals surface area contributed by atoms with E-state index in [-0.39, 0.29) is 25.2 Å². The van der Waals surface area contributed by atoms with Crippen LogP contribution >= 0.6 is 0 Å². The summed E-state index contributed by atoms with van der Waals surface area (Å²) in [6.45, 7) is 8.41. The Labute approximate surface area is 134 Å². The molecule has 0 aliphatic carbocycles. The zero-order valence-corrected chi connectivity index (χ0v) is 14.2. The zero-order valence-electron chi connectivity index (χ0n) is 14.2. The number of hydrogen-bond acceptors (Lipinski definition) is 5. The Kier molecular flexibility index (Phi) is 6.62. The third-order valence-electron chi connectivity index (χ3n) is 5.30. The molecule has 0 aromatic carbocycles. The number of nitrogens with zero attached hydrogens (tertiary/aromatic N) is 3. The summed E-state index contributed by atoms with van der Waals surface area (Å²) < 4.78 is 4.99. The minimum atomic E-state index is -0.0627. The van der Waals surface area contributed by atoms with Crippen molar-refractivity contribution in [2.75, 3.05) is 66.6 Å². The van der Waals surface area contributed by atoms with E-state index in [1.165, 1.54) is 0 Å². The van der Waals surface area contributed by atoms with Crippen molar-refractivity contribution < 1.29 is 14.6 Å². The van der Waals surface area contributed by atoms with Crippen LogP contribution < -0.4 is 0 Å². The number of amides is 1. The molecule has 0 spiro atoms. The van der Waals surface area contributed by atoms with E-state index < -0.39 is 0 Å². The second-order valence-electron chi connectivity index (χ2n) is 6.67. The molecule has 2 fully saturated rings. The number of aliphatic hydroxyl groups excluding tert-OH is 1. The topological polar surface area (TPSA) is 56.3 Å². The van der Waals surface area contributed by atoms with Crippen molar-refractivity contribution in [2.24, 2.45) is 11.8 Å². The predicted molar refractivity (Wildman–Crippen MR) is 85.7 cm³/mol. The highest BCUT2D eigenvalue weighted by Gasteiger charge is 2.43. The number of carbonyl (C=O) groups excluding carboxylic acids is 1. The Morgan fingerprint density at radius 1 is 1.27 bits per heavy atom. The molecule has 2 rings (SSSR count). The standard InChI is InChI=1S/C16H31N3O3/c1-4-13-9-19(16(21)12-22-3)15(11-20)14(13)10-18-7-5-17(2)6-8-18/h13-15,20H,4-12H2,1-3H3/t13-,14-,15-/m1/s1. The first-order chi connectivity index (χ1) is 10.6. The molecule has 2 saturated heterocycles. The molecule has 1 N–H and O–H groups in total. The van der Waals surface area contributed by atoms with Gasteiger partial charge in [-0.25, -0.2) is 0 Å². The maximum absolute atomic E-state index is 12.2. The van der Waals surface area contributed by atoms with Gasteiger partial charge in [-0.3, -0.25) is 4.79 Å². The van der Waals surface area contributed by atoms with Gasteiger partial charge in [0, 0.05) is 46.4 Å². The number of rotatable bonds is 6. The highest BCUT2D eigenvalue weighted by molar-refractivity contribution is 5.78. The van der Waals surface area contributed by atoms with E-state index >= 15 is 0 Å². The maximum atomic E-state index is 12.2. The molecule has 3 atom stereocenters. The summed E-state index contributed by atoms with van der Waals surface area (Å²) in [7, 11) is 3.70. The molecule has 6 heteroatoms. The molecular weight excluding hydrogens is 282 g/mol. The molecule has 6 nitrogen and oxygen atoms in total. The zero-order chi connectivity index (χ0) is 16.1. The summed E-state index contributed by atoms with van der Waals surface area (Å²) in [6, 6.07) is -0.0627. The summed E-state index contributed by atoms with van der Waals surface area (Å²) in [5, 5.41) is 9.85. The number of methoxy groups -OCH3 is 1. The van der Waals surface area contributed by atoms with Gasteiger partial charge >= 0.3 is 0 Å². The van der Waals surface area contributed by atoms with Gasteiger partial charge in [-0.2, -0.15) is 0 Å². The fourth-order valence-corrected chi connectivity index (χ4v) is 3.83. The number of ether oxygens (including phenoxy) is 1. The first-order valence-electron chi connectivity index (χ1n) is 8.40. The normalized spacial score (nSPS) is 30.9. The van der Waals surface area contributed by atoms with Gasteiger partial charge in [0.15, 0.2) is 0 Å². The smallest absolute Gasteiger partial charge is 0.248 e. The number of piperazine rings is 1. The van der Waals surface area contributed by atoms with E-state index in [4.69, 9.17) is 4.74 Å². The van der Waals surface area contributed by atoms with Crippen molar-refractivity contribution in [3.63, 3.8) is 0 Å². The Bertz CT molecular complexity index is 359. The Balaban J connectivity index is 2.01. The summed E-state index contributed by atoms with van der Waals surface area (Å²) in [5.74, 6) is 0.831. The van der Waals surface area contributed by atoms with Crippen LogP contribution in [0, 0.1) is 11.8 Å². The van der Waals surface area contributed by atoms with Crippen LogP contribution in [0.15, 0.2) is 0 Å². The molecule has 2 aliphatic heterocycles. The summed E-state index contributed by atoms with van der Waals surface area (Å²) >= 11 is 0. The van der Waals surface area contributed by atoms with Crippen molar-refractivity contribution >= 4 is 5.91 Å². The molecule has 128 valence electrons. The minimum absolute atomic E-state index is 0.000812. The maximum Gasteiger partial charge on any atom is 0.248 e. The Morgan fingerprint density at radius 2 is 1.95 bits per heavy atom. The number of hydrogen-bond donors (Lipinski definition) is 1. The minimum Gasteiger partial charge on any atom is -0.394 e. The van der Waals surface area contributed by atoms with Gasteiger partial charge in [-0.15, -0.1) is 0 Å². The number of aliphatic hydroxyl groups is 1. The third kappa shape index (κ3) is 3.98. The lowest BCUT2D eigenvalue weighted by molar-refractivity contribution is -0.137. The molecule has 22 heavy (non-hydrogen) atoms. The van der Waals surface area contributed by atoms with E-state index in [2.05, 4.69) is 23.8 Å². The van der Waals surface area contributed by atoms with Gasteiger partial charge in [0.25, 0.3) is 0 Å². The fraction of sp³-hybridized carbons (Fsp3) is 0.938. The van der Waals surface area contributed by atoms with Crippen LogP contribution in [-0.2, 0) is 9.53 Å². The van der Waals surface area contributed by atoms with Crippen LogP contribution in [0.5, 0.6) is 0 Å². The lowest BCUT2D eigenvalue weighted by Gasteiger charge is -2.36. The summed E-state index contributed by atoms with van der Waals surface area (Å²) in [6.07, 6.45) is 1.05. The molecule has 0 bridgehead atoms. The second-order valence-corrected chi connectivity index (χ2v) is 6.67. The molecule has 0 unspecified atom stereocenters. The van der Waals surface area contributed by atoms with Gasteiger partial charge in [0.05, 0.1) is 12.6 Å². The van der Waals surface area contributed by atoms with Gasteiger partial charge in [-0.05, 0) is 18.9 Å². The highest BCUT2D eigenvalue weighted by atomic mass is 16.5. The Morgan fingerprint density at radius 3 is 2.50 bits per heavy atom. The Hall–Kier alpha value is -0.690. The monoisotopic (exact) mass is 313 g/mol.